The van der Waals surface area contributed by atoms with Crippen molar-refractivity contribution < 1.29 is 5.11 Å². The van der Waals surface area contributed by atoms with Gasteiger partial charge < -0.3 is 5.11 Å². The summed E-state index contributed by atoms with van der Waals surface area (Å²) >= 11 is 0. The third-order valence-electron chi connectivity index (χ3n) is 1.26. The van der Waals surface area contributed by atoms with Gasteiger partial charge in [0, 0.05) is 6.61 Å². The van der Waals surface area contributed by atoms with E-state index in [1.807, 2.05) is 0 Å². The van der Waals surface area contributed by atoms with E-state index < -0.39 is 0 Å². The standard InChI is InChI=1S/C7H16O.C3H4/c1-2-3-4-5-6-7-8;1-3-2/h8H,2-7H2,1H3;1H,2H3. The van der Waals surface area contributed by atoms with Gasteiger partial charge in [-0.15, -0.1) is 12.3 Å². The maximum Gasteiger partial charge on any atom is 0.0431 e. The van der Waals surface area contributed by atoms with Crippen molar-refractivity contribution in [2.24, 2.45) is 0 Å². The fourth-order valence-electron chi connectivity index (χ4n) is 0.715. The molecule has 1 heteroatoms. The van der Waals surface area contributed by atoms with Crippen LogP contribution in [0, 0.1) is 12.3 Å². The summed E-state index contributed by atoms with van der Waals surface area (Å²) in [6.07, 6.45) is 10.7. The molecule has 0 saturated carbocycles. The van der Waals surface area contributed by atoms with Crippen LogP contribution in [0.3, 0.4) is 0 Å². The zero-order valence-electron chi connectivity index (χ0n) is 7.77. The van der Waals surface area contributed by atoms with E-state index in [9.17, 15) is 0 Å². The normalized spacial score (nSPS) is 7.82. The molecule has 0 aliphatic rings. The summed E-state index contributed by atoms with van der Waals surface area (Å²) in [5, 5.41) is 8.37. The minimum absolute atomic E-state index is 0.365. The molecule has 1 N–H and O–H groups in total. The molecule has 0 aromatic carbocycles. The lowest BCUT2D eigenvalue weighted by molar-refractivity contribution is 0.282. The molecule has 0 bridgehead atoms. The second kappa shape index (κ2) is 16.3. The summed E-state index contributed by atoms with van der Waals surface area (Å²) in [7, 11) is 0. The van der Waals surface area contributed by atoms with Crippen molar-refractivity contribution in [1.82, 2.24) is 0 Å². The highest BCUT2D eigenvalue weighted by molar-refractivity contribution is 4.73. The molecule has 0 heterocycles. The van der Waals surface area contributed by atoms with E-state index in [0.717, 1.165) is 6.42 Å². The second-order valence-electron chi connectivity index (χ2n) is 2.43. The van der Waals surface area contributed by atoms with Crippen molar-refractivity contribution in [2.45, 2.75) is 46.0 Å². The molecule has 11 heavy (non-hydrogen) atoms. The number of hydrogen-bond donors (Lipinski definition) is 1. The lowest BCUT2D eigenvalue weighted by Crippen LogP contribution is -1.81. The average Bonchev–Trinajstić information content (AvgIpc) is 2.00. The molecule has 0 amide bonds. The van der Waals surface area contributed by atoms with Gasteiger partial charge in [-0.05, 0) is 13.3 Å². The van der Waals surface area contributed by atoms with E-state index in [-0.39, 0.29) is 0 Å². The van der Waals surface area contributed by atoms with Gasteiger partial charge in [0.25, 0.3) is 0 Å². The molecule has 0 unspecified atom stereocenters. The summed E-state index contributed by atoms with van der Waals surface area (Å²) in [5.74, 6) is 2.25. The maximum atomic E-state index is 8.37. The Balaban J connectivity index is 0. The molecular weight excluding hydrogens is 136 g/mol. The molecule has 66 valence electrons. The van der Waals surface area contributed by atoms with Crippen LogP contribution in [0.15, 0.2) is 0 Å². The highest BCUT2D eigenvalue weighted by Gasteiger charge is 1.84. The fraction of sp³-hybridized carbons (Fsp3) is 0.800. The number of unbranched alkanes of at least 4 members (excludes halogenated alkanes) is 4. The summed E-state index contributed by atoms with van der Waals surface area (Å²) in [4.78, 5) is 0. The van der Waals surface area contributed by atoms with Crippen LogP contribution in [-0.4, -0.2) is 11.7 Å². The number of aliphatic hydroxyl groups excluding tert-OH is 1. The molecule has 0 rings (SSSR count). The summed E-state index contributed by atoms with van der Waals surface area (Å²) in [6.45, 7) is 4.21. The van der Waals surface area contributed by atoms with Crippen LogP contribution in [0.2, 0.25) is 0 Å². The van der Waals surface area contributed by atoms with Crippen LogP contribution in [0.25, 0.3) is 0 Å². The van der Waals surface area contributed by atoms with Gasteiger partial charge in [-0.25, -0.2) is 0 Å². The Kier molecular flexibility index (Phi) is 19.4. The number of terminal acetylenes is 1. The minimum atomic E-state index is 0.365. The van der Waals surface area contributed by atoms with Crippen LogP contribution < -0.4 is 0 Å². The molecule has 0 aromatic rings. The molecule has 1 nitrogen and oxygen atoms in total. The second-order valence-corrected chi connectivity index (χ2v) is 2.43. The zero-order chi connectivity index (χ0) is 8.95. The SMILES string of the molecule is C#CC.CCCCCCCO. The van der Waals surface area contributed by atoms with Gasteiger partial charge in [0.2, 0.25) is 0 Å². The third-order valence-corrected chi connectivity index (χ3v) is 1.26. The van der Waals surface area contributed by atoms with E-state index in [1.54, 1.807) is 6.92 Å². The molecule has 0 aromatic heterocycles. The van der Waals surface area contributed by atoms with Gasteiger partial charge in [-0.3, -0.25) is 0 Å². The Hall–Kier alpha value is -0.480. The predicted octanol–water partition coefficient (Wildman–Crippen LogP) is 2.59. The van der Waals surface area contributed by atoms with Crippen molar-refractivity contribution in [1.29, 1.82) is 0 Å². The molecule has 0 aliphatic heterocycles. The van der Waals surface area contributed by atoms with Gasteiger partial charge in [-0.2, -0.15) is 0 Å². The van der Waals surface area contributed by atoms with Gasteiger partial charge >= 0.3 is 0 Å². The quantitative estimate of drug-likeness (QED) is 0.479. The first-order valence-electron chi connectivity index (χ1n) is 4.31. The van der Waals surface area contributed by atoms with E-state index >= 15 is 0 Å². The lowest BCUT2D eigenvalue weighted by atomic mass is 10.2. The van der Waals surface area contributed by atoms with Crippen molar-refractivity contribution >= 4 is 0 Å². The molecule has 0 radical (unpaired) electrons. The number of aliphatic hydroxyl groups is 1. The maximum absolute atomic E-state index is 8.37. The van der Waals surface area contributed by atoms with Crippen molar-refractivity contribution in [3.05, 3.63) is 0 Å². The largest absolute Gasteiger partial charge is 0.396 e. The Morgan fingerprint density at radius 2 is 1.64 bits per heavy atom. The topological polar surface area (TPSA) is 20.2 Å². The van der Waals surface area contributed by atoms with Crippen molar-refractivity contribution in [3.63, 3.8) is 0 Å². The number of hydrogen-bond acceptors (Lipinski definition) is 1. The van der Waals surface area contributed by atoms with Crippen LogP contribution in [-0.2, 0) is 0 Å². The Bertz CT molecular complexity index is 75.4. The van der Waals surface area contributed by atoms with E-state index in [4.69, 9.17) is 5.11 Å². The summed E-state index contributed by atoms with van der Waals surface area (Å²) in [5.41, 5.74) is 0. The molecule has 0 spiro atoms. The molecule has 0 fully saturated rings. The van der Waals surface area contributed by atoms with E-state index in [0.29, 0.717) is 6.61 Å². The van der Waals surface area contributed by atoms with Crippen LogP contribution in [0.5, 0.6) is 0 Å². The monoisotopic (exact) mass is 156 g/mol. The van der Waals surface area contributed by atoms with Gasteiger partial charge in [0.05, 0.1) is 0 Å². The highest BCUT2D eigenvalue weighted by atomic mass is 16.2. The van der Waals surface area contributed by atoms with Gasteiger partial charge in [-0.1, -0.05) is 32.6 Å². The predicted molar refractivity (Wildman–Crippen MR) is 50.4 cm³/mol. The summed E-state index contributed by atoms with van der Waals surface area (Å²) in [6, 6.07) is 0. The van der Waals surface area contributed by atoms with Crippen LogP contribution in [0.4, 0.5) is 0 Å². The first-order chi connectivity index (χ1) is 5.33. The van der Waals surface area contributed by atoms with Crippen LogP contribution in [0.1, 0.15) is 46.0 Å². The third kappa shape index (κ3) is 26.4. The van der Waals surface area contributed by atoms with E-state index in [1.165, 1.54) is 25.7 Å². The van der Waals surface area contributed by atoms with Crippen molar-refractivity contribution in [3.8, 4) is 12.3 Å². The first kappa shape index (κ1) is 13.1. The first-order valence-corrected chi connectivity index (χ1v) is 4.31. The molecular formula is C10H20O. The lowest BCUT2D eigenvalue weighted by Gasteiger charge is -1.93. The van der Waals surface area contributed by atoms with Gasteiger partial charge in [0.1, 0.15) is 0 Å². The molecule has 0 aliphatic carbocycles. The van der Waals surface area contributed by atoms with Crippen LogP contribution >= 0.6 is 0 Å². The number of rotatable bonds is 5. The van der Waals surface area contributed by atoms with Gasteiger partial charge in [0.15, 0.2) is 0 Å². The zero-order valence-corrected chi connectivity index (χ0v) is 7.77. The fourth-order valence-corrected chi connectivity index (χ4v) is 0.715. The smallest absolute Gasteiger partial charge is 0.0431 e. The molecule has 0 atom stereocenters. The Labute approximate surface area is 70.8 Å². The Morgan fingerprint density at radius 3 is 2.00 bits per heavy atom. The minimum Gasteiger partial charge on any atom is -0.396 e. The molecule has 0 saturated heterocycles. The van der Waals surface area contributed by atoms with E-state index in [2.05, 4.69) is 19.3 Å². The highest BCUT2D eigenvalue weighted by Crippen LogP contribution is 2.00. The summed E-state index contributed by atoms with van der Waals surface area (Å²) < 4.78 is 0. The Morgan fingerprint density at radius 1 is 1.18 bits per heavy atom. The van der Waals surface area contributed by atoms with Crippen molar-refractivity contribution in [2.75, 3.05) is 6.61 Å². The average molecular weight is 156 g/mol.